The van der Waals surface area contributed by atoms with Crippen LogP contribution in [0.2, 0.25) is 0 Å². The van der Waals surface area contributed by atoms with Crippen molar-refractivity contribution < 1.29 is 9.66 Å². The van der Waals surface area contributed by atoms with Crippen molar-refractivity contribution in [2.75, 3.05) is 7.11 Å². The molecule has 6 nitrogen and oxygen atoms in total. The number of hydrogen-bond acceptors (Lipinski definition) is 6. The largest absolute Gasteiger partial charge is 0.497 e. The number of aromatic nitrogens is 2. The topological polar surface area (TPSA) is 78.2 Å². The highest BCUT2D eigenvalue weighted by molar-refractivity contribution is 7.18. The molecule has 7 heteroatoms. The Labute approximate surface area is 130 Å². The predicted octanol–water partition coefficient (Wildman–Crippen LogP) is 3.79. The molecule has 0 saturated carbocycles. The Morgan fingerprint density at radius 1 is 1.09 bits per heavy atom. The molecule has 0 N–H and O–H groups in total. The molecule has 0 aliphatic carbocycles. The van der Waals surface area contributed by atoms with Crippen LogP contribution in [0.15, 0.2) is 48.5 Å². The maximum atomic E-state index is 11.2. The van der Waals surface area contributed by atoms with Crippen molar-refractivity contribution in [3.63, 3.8) is 0 Å². The number of hydrogen-bond donors (Lipinski definition) is 0. The number of nitro benzene ring substituents is 1. The molecule has 22 heavy (non-hydrogen) atoms. The summed E-state index contributed by atoms with van der Waals surface area (Å²) in [4.78, 5) is 10.8. The molecule has 2 aromatic carbocycles. The summed E-state index contributed by atoms with van der Waals surface area (Å²) in [7, 11) is 1.51. The van der Waals surface area contributed by atoms with E-state index in [-0.39, 0.29) is 5.69 Å². The second-order valence-corrected chi connectivity index (χ2v) is 5.40. The lowest BCUT2D eigenvalue weighted by atomic mass is 10.2. The molecule has 0 unspecified atom stereocenters. The van der Waals surface area contributed by atoms with Crippen LogP contribution >= 0.6 is 11.3 Å². The zero-order chi connectivity index (χ0) is 15.5. The van der Waals surface area contributed by atoms with Crippen LogP contribution < -0.4 is 4.74 Å². The lowest BCUT2D eigenvalue weighted by Gasteiger charge is -2.02. The Bertz CT molecular complexity index is 818. The van der Waals surface area contributed by atoms with E-state index >= 15 is 0 Å². The van der Waals surface area contributed by atoms with E-state index in [1.54, 1.807) is 12.1 Å². The molecule has 0 atom stereocenters. The summed E-state index contributed by atoms with van der Waals surface area (Å²) in [6, 6.07) is 14.1. The standard InChI is InChI=1S/C15H11N3O3S/c1-21-11-7-8-13(18(19)20)12(9-11)15-17-16-14(22-15)10-5-3-2-4-6-10/h2-9H,1H3. The first-order valence-electron chi connectivity index (χ1n) is 6.41. The molecule has 1 aromatic heterocycles. The SMILES string of the molecule is COc1ccc([N+](=O)[O-])c(-c2nnc(-c3ccccc3)s2)c1. The van der Waals surface area contributed by atoms with Crippen molar-refractivity contribution in [1.29, 1.82) is 0 Å². The zero-order valence-corrected chi connectivity index (χ0v) is 12.4. The fourth-order valence-corrected chi connectivity index (χ4v) is 2.88. The van der Waals surface area contributed by atoms with Crippen LogP contribution in [-0.2, 0) is 0 Å². The number of ether oxygens (including phenoxy) is 1. The number of nitro groups is 1. The van der Waals surface area contributed by atoms with Crippen molar-refractivity contribution in [1.82, 2.24) is 10.2 Å². The molecule has 0 fully saturated rings. The third-order valence-corrected chi connectivity index (χ3v) is 4.08. The fraction of sp³-hybridized carbons (Fsp3) is 0.0667. The molecule has 3 rings (SSSR count). The van der Waals surface area contributed by atoms with Crippen LogP contribution in [-0.4, -0.2) is 22.2 Å². The van der Waals surface area contributed by atoms with Gasteiger partial charge in [-0.15, -0.1) is 10.2 Å². The van der Waals surface area contributed by atoms with Gasteiger partial charge in [0.15, 0.2) is 5.01 Å². The molecule has 0 radical (unpaired) electrons. The highest BCUT2D eigenvalue weighted by Gasteiger charge is 2.20. The molecule has 0 aliphatic heterocycles. The Balaban J connectivity index is 2.08. The van der Waals surface area contributed by atoms with Crippen molar-refractivity contribution in [3.05, 3.63) is 58.6 Å². The van der Waals surface area contributed by atoms with Crippen molar-refractivity contribution in [3.8, 4) is 26.9 Å². The Morgan fingerprint density at radius 3 is 2.50 bits per heavy atom. The minimum absolute atomic E-state index is 0.0171. The minimum atomic E-state index is -0.432. The maximum absolute atomic E-state index is 11.2. The molecule has 3 aromatic rings. The normalized spacial score (nSPS) is 10.4. The van der Waals surface area contributed by atoms with Crippen LogP contribution in [0.1, 0.15) is 0 Å². The molecule has 0 aliphatic rings. The first-order chi connectivity index (χ1) is 10.7. The summed E-state index contributed by atoms with van der Waals surface area (Å²) in [6.45, 7) is 0. The van der Waals surface area contributed by atoms with Crippen molar-refractivity contribution in [2.45, 2.75) is 0 Å². The van der Waals surface area contributed by atoms with Crippen LogP contribution in [0.5, 0.6) is 5.75 Å². The Morgan fingerprint density at radius 2 is 1.82 bits per heavy atom. The van der Waals surface area contributed by atoms with E-state index in [1.807, 2.05) is 30.3 Å². The number of benzene rings is 2. The van der Waals surface area contributed by atoms with E-state index in [2.05, 4.69) is 10.2 Å². The van der Waals surface area contributed by atoms with E-state index in [1.165, 1.54) is 24.5 Å². The quantitative estimate of drug-likeness (QED) is 0.541. The van der Waals surface area contributed by atoms with Gasteiger partial charge in [-0.25, -0.2) is 0 Å². The average molecular weight is 313 g/mol. The Kier molecular flexibility index (Phi) is 3.80. The van der Waals surface area contributed by atoms with Gasteiger partial charge in [0.2, 0.25) is 0 Å². The Hall–Kier alpha value is -2.80. The van der Waals surface area contributed by atoms with Gasteiger partial charge in [0.1, 0.15) is 10.8 Å². The number of nitrogens with zero attached hydrogens (tertiary/aromatic N) is 3. The summed E-state index contributed by atoms with van der Waals surface area (Å²) in [5, 5.41) is 20.6. The molecule has 0 bridgehead atoms. The van der Waals surface area contributed by atoms with Gasteiger partial charge in [-0.3, -0.25) is 10.1 Å². The smallest absolute Gasteiger partial charge is 0.279 e. The summed E-state index contributed by atoms with van der Waals surface area (Å²) in [5.74, 6) is 0.539. The third-order valence-electron chi connectivity index (χ3n) is 3.08. The van der Waals surface area contributed by atoms with E-state index in [9.17, 15) is 10.1 Å². The molecular weight excluding hydrogens is 302 g/mol. The molecule has 1 heterocycles. The van der Waals surface area contributed by atoms with Crippen molar-refractivity contribution >= 4 is 17.0 Å². The highest BCUT2D eigenvalue weighted by atomic mass is 32.1. The molecule has 0 amide bonds. The van der Waals surface area contributed by atoms with Crippen LogP contribution in [0, 0.1) is 10.1 Å². The van der Waals surface area contributed by atoms with Crippen LogP contribution in [0.4, 0.5) is 5.69 Å². The third kappa shape index (κ3) is 2.66. The number of rotatable bonds is 4. The van der Waals surface area contributed by atoms with E-state index in [4.69, 9.17) is 4.74 Å². The maximum Gasteiger partial charge on any atom is 0.279 e. The van der Waals surface area contributed by atoms with Gasteiger partial charge in [-0.05, 0) is 12.1 Å². The van der Waals surface area contributed by atoms with Gasteiger partial charge in [0.05, 0.1) is 17.6 Å². The van der Waals surface area contributed by atoms with E-state index < -0.39 is 4.92 Å². The lowest BCUT2D eigenvalue weighted by molar-refractivity contribution is -0.384. The second-order valence-electron chi connectivity index (χ2n) is 4.42. The van der Waals surface area contributed by atoms with Gasteiger partial charge >= 0.3 is 0 Å². The highest BCUT2D eigenvalue weighted by Crippen LogP contribution is 2.37. The average Bonchev–Trinajstić information content (AvgIpc) is 3.05. The van der Waals surface area contributed by atoms with E-state index in [0.717, 1.165) is 5.56 Å². The van der Waals surface area contributed by atoms with Crippen LogP contribution in [0.3, 0.4) is 0 Å². The van der Waals surface area contributed by atoms with Gasteiger partial charge in [-0.2, -0.15) is 0 Å². The summed E-state index contributed by atoms with van der Waals surface area (Å²) in [6.07, 6.45) is 0. The van der Waals surface area contributed by atoms with Gasteiger partial charge in [0, 0.05) is 11.6 Å². The lowest BCUT2D eigenvalue weighted by Crippen LogP contribution is -1.93. The van der Waals surface area contributed by atoms with Gasteiger partial charge in [-0.1, -0.05) is 41.7 Å². The molecule has 0 spiro atoms. The predicted molar refractivity (Wildman–Crippen MR) is 84.0 cm³/mol. The summed E-state index contributed by atoms with van der Waals surface area (Å²) in [5.41, 5.74) is 1.32. The van der Waals surface area contributed by atoms with Crippen molar-refractivity contribution in [2.24, 2.45) is 0 Å². The van der Waals surface area contributed by atoms with Gasteiger partial charge in [0.25, 0.3) is 5.69 Å². The summed E-state index contributed by atoms with van der Waals surface area (Å²) >= 11 is 1.31. The minimum Gasteiger partial charge on any atom is -0.497 e. The van der Waals surface area contributed by atoms with Crippen LogP contribution in [0.25, 0.3) is 21.1 Å². The monoisotopic (exact) mass is 313 g/mol. The molecule has 110 valence electrons. The zero-order valence-electron chi connectivity index (χ0n) is 11.6. The fourth-order valence-electron chi connectivity index (χ4n) is 2.00. The second kappa shape index (κ2) is 5.90. The first-order valence-corrected chi connectivity index (χ1v) is 7.22. The summed E-state index contributed by atoms with van der Waals surface area (Å²) < 4.78 is 5.14. The molecule has 0 saturated heterocycles. The van der Waals surface area contributed by atoms with Gasteiger partial charge < -0.3 is 4.74 Å². The molecular formula is C15H11N3O3S. The first kappa shape index (κ1) is 14.2. The number of methoxy groups -OCH3 is 1. The van der Waals surface area contributed by atoms with E-state index in [0.29, 0.717) is 21.3 Å².